The van der Waals surface area contributed by atoms with Crippen molar-refractivity contribution in [3.8, 4) is 22.6 Å². The zero-order chi connectivity index (χ0) is 15.2. The molecule has 0 radical (unpaired) electrons. The standard InChI is InChI=1S/C18H23NO2/c1-5-19-12-14-6-8-16(13(2)10-14)17-11-15(20-3)7-9-18(17)21-4/h6-11,19H,5,12H2,1-4H3. The smallest absolute Gasteiger partial charge is 0.126 e. The normalized spacial score (nSPS) is 10.5. The number of methoxy groups -OCH3 is 2. The number of hydrogen-bond donors (Lipinski definition) is 1. The first-order chi connectivity index (χ1) is 10.2. The van der Waals surface area contributed by atoms with E-state index in [1.165, 1.54) is 16.7 Å². The highest BCUT2D eigenvalue weighted by Crippen LogP contribution is 2.35. The van der Waals surface area contributed by atoms with Crippen molar-refractivity contribution < 1.29 is 9.47 Å². The fraction of sp³-hybridized carbons (Fsp3) is 0.333. The maximum absolute atomic E-state index is 5.48. The number of benzene rings is 2. The van der Waals surface area contributed by atoms with Gasteiger partial charge in [-0.05, 0) is 48.4 Å². The summed E-state index contributed by atoms with van der Waals surface area (Å²) in [5, 5.41) is 3.35. The molecule has 0 aliphatic rings. The minimum Gasteiger partial charge on any atom is -0.497 e. The van der Waals surface area contributed by atoms with Crippen molar-refractivity contribution in [2.75, 3.05) is 20.8 Å². The van der Waals surface area contributed by atoms with Gasteiger partial charge in [-0.25, -0.2) is 0 Å². The van der Waals surface area contributed by atoms with Gasteiger partial charge in [0.25, 0.3) is 0 Å². The maximum Gasteiger partial charge on any atom is 0.126 e. The lowest BCUT2D eigenvalue weighted by atomic mass is 9.97. The Bertz CT molecular complexity index is 608. The molecule has 1 N–H and O–H groups in total. The Morgan fingerprint density at radius 2 is 1.76 bits per heavy atom. The van der Waals surface area contributed by atoms with E-state index >= 15 is 0 Å². The highest BCUT2D eigenvalue weighted by Gasteiger charge is 2.10. The zero-order valence-electron chi connectivity index (χ0n) is 13.2. The SMILES string of the molecule is CCNCc1ccc(-c2cc(OC)ccc2OC)c(C)c1. The van der Waals surface area contributed by atoms with Crippen molar-refractivity contribution in [1.29, 1.82) is 0 Å². The van der Waals surface area contributed by atoms with Crippen molar-refractivity contribution in [2.45, 2.75) is 20.4 Å². The van der Waals surface area contributed by atoms with Gasteiger partial charge < -0.3 is 14.8 Å². The average molecular weight is 285 g/mol. The quantitative estimate of drug-likeness (QED) is 0.876. The van der Waals surface area contributed by atoms with Gasteiger partial charge in [-0.2, -0.15) is 0 Å². The minimum atomic E-state index is 0.835. The largest absolute Gasteiger partial charge is 0.497 e. The summed E-state index contributed by atoms with van der Waals surface area (Å²) < 4.78 is 10.8. The van der Waals surface area contributed by atoms with Crippen LogP contribution >= 0.6 is 0 Å². The summed E-state index contributed by atoms with van der Waals surface area (Å²) >= 11 is 0. The van der Waals surface area contributed by atoms with Crippen LogP contribution in [0.5, 0.6) is 11.5 Å². The summed E-state index contributed by atoms with van der Waals surface area (Å²) in [4.78, 5) is 0. The van der Waals surface area contributed by atoms with Gasteiger partial charge in [0.1, 0.15) is 11.5 Å². The van der Waals surface area contributed by atoms with Crippen LogP contribution in [0.2, 0.25) is 0 Å². The Morgan fingerprint density at radius 3 is 2.38 bits per heavy atom. The van der Waals surface area contributed by atoms with Crippen LogP contribution in [0.15, 0.2) is 36.4 Å². The molecule has 0 saturated heterocycles. The van der Waals surface area contributed by atoms with Gasteiger partial charge in [0.05, 0.1) is 14.2 Å². The topological polar surface area (TPSA) is 30.5 Å². The van der Waals surface area contributed by atoms with Crippen LogP contribution in [0.3, 0.4) is 0 Å². The Balaban J connectivity index is 2.41. The molecule has 3 heteroatoms. The molecule has 0 aromatic heterocycles. The molecule has 2 rings (SSSR count). The molecule has 21 heavy (non-hydrogen) atoms. The van der Waals surface area contributed by atoms with E-state index < -0.39 is 0 Å². The van der Waals surface area contributed by atoms with E-state index in [2.05, 4.69) is 37.4 Å². The Hall–Kier alpha value is -2.00. The molecule has 0 saturated carbocycles. The molecule has 112 valence electrons. The van der Waals surface area contributed by atoms with E-state index in [0.717, 1.165) is 30.2 Å². The van der Waals surface area contributed by atoms with Gasteiger partial charge in [-0.3, -0.25) is 0 Å². The van der Waals surface area contributed by atoms with Gasteiger partial charge >= 0.3 is 0 Å². The molecule has 0 unspecified atom stereocenters. The van der Waals surface area contributed by atoms with Crippen LogP contribution in [0, 0.1) is 6.92 Å². The highest BCUT2D eigenvalue weighted by atomic mass is 16.5. The van der Waals surface area contributed by atoms with E-state index in [4.69, 9.17) is 9.47 Å². The molecule has 0 spiro atoms. The Labute approximate surface area is 126 Å². The number of ether oxygens (including phenoxy) is 2. The molecule has 0 atom stereocenters. The highest BCUT2D eigenvalue weighted by molar-refractivity contribution is 5.75. The summed E-state index contributed by atoms with van der Waals surface area (Å²) in [6.07, 6.45) is 0. The predicted octanol–water partition coefficient (Wildman–Crippen LogP) is 3.79. The van der Waals surface area contributed by atoms with E-state index in [9.17, 15) is 0 Å². The molecule has 0 bridgehead atoms. The number of rotatable bonds is 6. The predicted molar refractivity (Wildman–Crippen MR) is 87.1 cm³/mol. The second-order valence-corrected chi connectivity index (χ2v) is 5.00. The first kappa shape index (κ1) is 15.4. The van der Waals surface area contributed by atoms with Crippen LogP contribution in [-0.4, -0.2) is 20.8 Å². The van der Waals surface area contributed by atoms with E-state index in [1.807, 2.05) is 18.2 Å². The third kappa shape index (κ3) is 3.56. The van der Waals surface area contributed by atoms with Gasteiger partial charge in [-0.1, -0.05) is 25.1 Å². The second-order valence-electron chi connectivity index (χ2n) is 5.00. The lowest BCUT2D eigenvalue weighted by Gasteiger charge is -2.14. The molecule has 0 amide bonds. The second kappa shape index (κ2) is 7.14. The third-order valence-electron chi connectivity index (χ3n) is 3.57. The Kier molecular flexibility index (Phi) is 5.23. The van der Waals surface area contributed by atoms with Crippen LogP contribution in [-0.2, 0) is 6.54 Å². The van der Waals surface area contributed by atoms with Crippen LogP contribution in [0.4, 0.5) is 0 Å². The number of hydrogen-bond acceptors (Lipinski definition) is 3. The zero-order valence-corrected chi connectivity index (χ0v) is 13.2. The monoisotopic (exact) mass is 285 g/mol. The summed E-state index contributed by atoms with van der Waals surface area (Å²) in [5.74, 6) is 1.69. The first-order valence-electron chi connectivity index (χ1n) is 7.22. The van der Waals surface area contributed by atoms with Crippen molar-refractivity contribution in [3.05, 3.63) is 47.5 Å². The summed E-state index contributed by atoms with van der Waals surface area (Å²) in [5.41, 5.74) is 4.76. The number of aryl methyl sites for hydroxylation is 1. The third-order valence-corrected chi connectivity index (χ3v) is 3.57. The molecular formula is C18H23NO2. The summed E-state index contributed by atoms with van der Waals surface area (Å²) in [6, 6.07) is 12.4. The summed E-state index contributed by atoms with van der Waals surface area (Å²) in [6.45, 7) is 6.11. The van der Waals surface area contributed by atoms with Crippen LogP contribution in [0.1, 0.15) is 18.1 Å². The fourth-order valence-corrected chi connectivity index (χ4v) is 2.43. The molecule has 3 nitrogen and oxygen atoms in total. The molecule has 0 aliphatic carbocycles. The van der Waals surface area contributed by atoms with Crippen LogP contribution < -0.4 is 14.8 Å². The van der Waals surface area contributed by atoms with Crippen LogP contribution in [0.25, 0.3) is 11.1 Å². The molecule has 2 aromatic carbocycles. The van der Waals surface area contributed by atoms with Crippen molar-refractivity contribution in [3.63, 3.8) is 0 Å². The van der Waals surface area contributed by atoms with E-state index in [1.54, 1.807) is 14.2 Å². The average Bonchev–Trinajstić information content (AvgIpc) is 2.52. The molecule has 0 fully saturated rings. The van der Waals surface area contributed by atoms with Gasteiger partial charge in [0.2, 0.25) is 0 Å². The van der Waals surface area contributed by atoms with Gasteiger partial charge in [0, 0.05) is 12.1 Å². The van der Waals surface area contributed by atoms with Crippen molar-refractivity contribution in [1.82, 2.24) is 5.32 Å². The Morgan fingerprint density at radius 1 is 0.952 bits per heavy atom. The lowest BCUT2D eigenvalue weighted by molar-refractivity contribution is 0.404. The van der Waals surface area contributed by atoms with Crippen molar-refractivity contribution >= 4 is 0 Å². The molecule has 0 heterocycles. The lowest BCUT2D eigenvalue weighted by Crippen LogP contribution is -2.11. The van der Waals surface area contributed by atoms with Gasteiger partial charge in [0.15, 0.2) is 0 Å². The molecule has 0 aliphatic heterocycles. The van der Waals surface area contributed by atoms with Crippen molar-refractivity contribution in [2.24, 2.45) is 0 Å². The minimum absolute atomic E-state index is 0.835. The first-order valence-corrected chi connectivity index (χ1v) is 7.22. The molecular weight excluding hydrogens is 262 g/mol. The molecule has 2 aromatic rings. The van der Waals surface area contributed by atoms with E-state index in [0.29, 0.717) is 0 Å². The maximum atomic E-state index is 5.48. The van der Waals surface area contributed by atoms with Gasteiger partial charge in [-0.15, -0.1) is 0 Å². The fourth-order valence-electron chi connectivity index (χ4n) is 2.43. The summed E-state index contributed by atoms with van der Waals surface area (Å²) in [7, 11) is 3.37. The number of nitrogens with one attached hydrogen (secondary N) is 1. The van der Waals surface area contributed by atoms with E-state index in [-0.39, 0.29) is 0 Å².